The number of nitrogens with zero attached hydrogens (tertiary/aromatic N) is 1. The zero-order valence-electron chi connectivity index (χ0n) is 10.1. The fourth-order valence-electron chi connectivity index (χ4n) is 2.06. The molecule has 1 aliphatic rings. The summed E-state index contributed by atoms with van der Waals surface area (Å²) < 4.78 is 5.08. The Labute approximate surface area is 92.0 Å². The van der Waals surface area contributed by atoms with Crippen LogP contribution in [0, 0.1) is 5.92 Å². The molecule has 4 nitrogen and oxygen atoms in total. The van der Waals surface area contributed by atoms with Crippen molar-refractivity contribution in [2.75, 3.05) is 20.3 Å². The number of hydrogen-bond donors (Lipinski definition) is 1. The molecule has 1 saturated heterocycles. The minimum Gasteiger partial charge on any atom is -0.384 e. The first-order chi connectivity index (χ1) is 7.10. The van der Waals surface area contributed by atoms with E-state index in [4.69, 9.17) is 4.74 Å². The molecule has 0 bridgehead atoms. The van der Waals surface area contributed by atoms with Gasteiger partial charge in [0.1, 0.15) is 0 Å². The first-order valence-corrected chi connectivity index (χ1v) is 5.65. The van der Waals surface area contributed by atoms with Crippen LogP contribution in [0.5, 0.6) is 0 Å². The van der Waals surface area contributed by atoms with Gasteiger partial charge in [-0.25, -0.2) is 0 Å². The van der Waals surface area contributed by atoms with Gasteiger partial charge in [-0.2, -0.15) is 0 Å². The summed E-state index contributed by atoms with van der Waals surface area (Å²) in [6.45, 7) is 7.64. The Bertz CT molecular complexity index is 221. The number of nitrogens with one attached hydrogen (secondary N) is 1. The molecular formula is C11H22N2O2. The van der Waals surface area contributed by atoms with Crippen LogP contribution >= 0.6 is 0 Å². The van der Waals surface area contributed by atoms with Crippen LogP contribution in [0.3, 0.4) is 0 Å². The van der Waals surface area contributed by atoms with Gasteiger partial charge in [0.05, 0.1) is 18.8 Å². The molecule has 1 fully saturated rings. The van der Waals surface area contributed by atoms with E-state index in [9.17, 15) is 4.79 Å². The van der Waals surface area contributed by atoms with Crippen molar-refractivity contribution in [1.29, 1.82) is 0 Å². The number of hydrogen-bond acceptors (Lipinski definition) is 3. The molecule has 1 amide bonds. The molecular weight excluding hydrogens is 192 g/mol. The summed E-state index contributed by atoms with van der Waals surface area (Å²) in [4.78, 5) is 13.8. The molecule has 0 aromatic carbocycles. The lowest BCUT2D eigenvalue weighted by Crippen LogP contribution is -2.38. The van der Waals surface area contributed by atoms with Crippen molar-refractivity contribution in [1.82, 2.24) is 10.2 Å². The molecule has 1 N–H and O–H groups in total. The van der Waals surface area contributed by atoms with Gasteiger partial charge in [-0.1, -0.05) is 13.8 Å². The molecule has 0 spiro atoms. The molecule has 0 aromatic heterocycles. The van der Waals surface area contributed by atoms with Crippen LogP contribution in [-0.2, 0) is 9.53 Å². The van der Waals surface area contributed by atoms with Gasteiger partial charge in [-0.3, -0.25) is 10.1 Å². The third-order valence-electron chi connectivity index (χ3n) is 2.86. The molecule has 15 heavy (non-hydrogen) atoms. The van der Waals surface area contributed by atoms with Gasteiger partial charge in [-0.15, -0.1) is 0 Å². The van der Waals surface area contributed by atoms with Crippen molar-refractivity contribution in [3.05, 3.63) is 0 Å². The third kappa shape index (κ3) is 2.92. The van der Waals surface area contributed by atoms with Gasteiger partial charge >= 0.3 is 0 Å². The lowest BCUT2D eigenvalue weighted by Gasteiger charge is -2.24. The van der Waals surface area contributed by atoms with Gasteiger partial charge in [0.2, 0.25) is 5.91 Å². The highest BCUT2D eigenvalue weighted by Crippen LogP contribution is 2.14. The van der Waals surface area contributed by atoms with Gasteiger partial charge in [0.15, 0.2) is 0 Å². The first-order valence-electron chi connectivity index (χ1n) is 5.65. The molecule has 1 rings (SSSR count). The Morgan fingerprint density at radius 2 is 2.27 bits per heavy atom. The topological polar surface area (TPSA) is 41.6 Å². The Balaban J connectivity index is 2.50. The molecule has 0 aromatic rings. The number of carbonyl (C=O) groups excluding carboxylic acids is 1. The fourth-order valence-corrected chi connectivity index (χ4v) is 2.06. The SMILES string of the molecule is CCC1NC(C)N(CC(C)COC)C1=O. The van der Waals surface area contributed by atoms with Crippen molar-refractivity contribution in [3.63, 3.8) is 0 Å². The van der Waals surface area contributed by atoms with E-state index in [1.165, 1.54) is 0 Å². The number of amides is 1. The smallest absolute Gasteiger partial charge is 0.241 e. The Morgan fingerprint density at radius 3 is 2.73 bits per heavy atom. The van der Waals surface area contributed by atoms with Crippen molar-refractivity contribution in [2.24, 2.45) is 5.92 Å². The molecule has 88 valence electrons. The summed E-state index contributed by atoms with van der Waals surface area (Å²) in [6.07, 6.45) is 1.01. The second-order valence-corrected chi connectivity index (χ2v) is 4.35. The maximum absolute atomic E-state index is 11.9. The fraction of sp³-hybridized carbons (Fsp3) is 0.909. The molecule has 3 unspecified atom stereocenters. The third-order valence-corrected chi connectivity index (χ3v) is 2.86. The van der Waals surface area contributed by atoms with E-state index in [-0.39, 0.29) is 18.1 Å². The van der Waals surface area contributed by atoms with Crippen LogP contribution in [0.4, 0.5) is 0 Å². The van der Waals surface area contributed by atoms with Crippen LogP contribution < -0.4 is 5.32 Å². The van der Waals surface area contributed by atoms with E-state index >= 15 is 0 Å². The average molecular weight is 214 g/mol. The summed E-state index contributed by atoms with van der Waals surface area (Å²) in [5.41, 5.74) is 0. The molecule has 1 heterocycles. The second-order valence-electron chi connectivity index (χ2n) is 4.35. The zero-order chi connectivity index (χ0) is 11.4. The summed E-state index contributed by atoms with van der Waals surface area (Å²) >= 11 is 0. The minimum absolute atomic E-state index is 0.00902. The first kappa shape index (κ1) is 12.5. The number of carbonyl (C=O) groups is 1. The molecule has 0 aliphatic carbocycles. The van der Waals surface area contributed by atoms with Crippen molar-refractivity contribution >= 4 is 5.91 Å². The summed E-state index contributed by atoms with van der Waals surface area (Å²) in [6, 6.07) is 0.00902. The van der Waals surface area contributed by atoms with Crippen molar-refractivity contribution in [3.8, 4) is 0 Å². The van der Waals surface area contributed by atoms with Crippen LogP contribution in [0.25, 0.3) is 0 Å². The van der Waals surface area contributed by atoms with Crippen LogP contribution in [-0.4, -0.2) is 43.3 Å². The van der Waals surface area contributed by atoms with E-state index in [0.29, 0.717) is 12.5 Å². The predicted molar refractivity (Wildman–Crippen MR) is 59.4 cm³/mol. The monoisotopic (exact) mass is 214 g/mol. The molecule has 1 aliphatic heterocycles. The quantitative estimate of drug-likeness (QED) is 0.737. The summed E-state index contributed by atoms with van der Waals surface area (Å²) in [5.74, 6) is 0.617. The van der Waals surface area contributed by atoms with E-state index in [1.807, 2.05) is 18.7 Å². The minimum atomic E-state index is 0.00902. The molecule has 0 saturated carbocycles. The molecule has 4 heteroatoms. The zero-order valence-corrected chi connectivity index (χ0v) is 10.1. The Kier molecular flexibility index (Phi) is 4.54. The predicted octanol–water partition coefficient (Wildman–Crippen LogP) is 0.825. The Hall–Kier alpha value is -0.610. The standard InChI is InChI=1S/C11H22N2O2/c1-5-10-11(14)13(9(3)12-10)6-8(2)7-15-4/h8-10,12H,5-7H2,1-4H3. The summed E-state index contributed by atoms with van der Waals surface area (Å²) in [7, 11) is 1.69. The molecule has 0 radical (unpaired) electrons. The normalized spacial score (nSPS) is 28.5. The highest BCUT2D eigenvalue weighted by atomic mass is 16.5. The van der Waals surface area contributed by atoms with Gasteiger partial charge in [-0.05, 0) is 19.3 Å². The lowest BCUT2D eigenvalue weighted by molar-refractivity contribution is -0.130. The maximum Gasteiger partial charge on any atom is 0.241 e. The van der Waals surface area contributed by atoms with E-state index in [0.717, 1.165) is 13.0 Å². The van der Waals surface area contributed by atoms with Gasteiger partial charge < -0.3 is 9.64 Å². The average Bonchev–Trinajstić information content (AvgIpc) is 2.45. The van der Waals surface area contributed by atoms with Crippen LogP contribution in [0.2, 0.25) is 0 Å². The van der Waals surface area contributed by atoms with Crippen LogP contribution in [0.15, 0.2) is 0 Å². The van der Waals surface area contributed by atoms with Gasteiger partial charge in [0, 0.05) is 13.7 Å². The van der Waals surface area contributed by atoms with E-state index in [1.54, 1.807) is 7.11 Å². The highest BCUT2D eigenvalue weighted by molar-refractivity contribution is 5.84. The van der Waals surface area contributed by atoms with Crippen molar-refractivity contribution < 1.29 is 9.53 Å². The largest absolute Gasteiger partial charge is 0.384 e. The molecule has 3 atom stereocenters. The van der Waals surface area contributed by atoms with Crippen molar-refractivity contribution in [2.45, 2.75) is 39.4 Å². The van der Waals surface area contributed by atoms with Crippen LogP contribution in [0.1, 0.15) is 27.2 Å². The van der Waals surface area contributed by atoms with E-state index in [2.05, 4.69) is 12.2 Å². The number of methoxy groups -OCH3 is 1. The van der Waals surface area contributed by atoms with Gasteiger partial charge in [0.25, 0.3) is 0 Å². The summed E-state index contributed by atoms with van der Waals surface area (Å²) in [5, 5.41) is 3.29. The number of rotatable bonds is 5. The lowest BCUT2D eigenvalue weighted by atomic mass is 10.1. The Morgan fingerprint density at radius 1 is 1.60 bits per heavy atom. The maximum atomic E-state index is 11.9. The number of ether oxygens (including phenoxy) is 1. The highest BCUT2D eigenvalue weighted by Gasteiger charge is 2.35. The second kappa shape index (κ2) is 5.47. The van der Waals surface area contributed by atoms with E-state index < -0.39 is 0 Å².